The van der Waals surface area contributed by atoms with Crippen LogP contribution in [0.2, 0.25) is 10.0 Å². The van der Waals surface area contributed by atoms with Crippen LogP contribution in [0.3, 0.4) is 0 Å². The molecule has 0 atom stereocenters. The lowest BCUT2D eigenvalue weighted by molar-refractivity contribution is -0.137. The number of carbonyl (C=O) groups is 2. The molecular weight excluding hydrogens is 566 g/mol. The molecule has 0 unspecified atom stereocenters. The summed E-state index contributed by atoms with van der Waals surface area (Å²) in [5.41, 5.74) is 0.176. The number of hydrogen-bond donors (Lipinski definition) is 2. The lowest BCUT2D eigenvalue weighted by Gasteiger charge is -2.14. The fourth-order valence-electron chi connectivity index (χ4n) is 4.35. The summed E-state index contributed by atoms with van der Waals surface area (Å²) >= 11 is 12.4. The molecule has 0 radical (unpaired) electrons. The highest BCUT2D eigenvalue weighted by Gasteiger charge is 2.37. The Balaban J connectivity index is 1.70. The number of carbonyl (C=O) groups excluding carboxylic acids is 1. The zero-order valence-corrected chi connectivity index (χ0v) is 21.8. The molecule has 0 saturated heterocycles. The molecular formula is C29H18Cl2F3N3O3. The minimum absolute atomic E-state index is 0.00282. The van der Waals surface area contributed by atoms with Gasteiger partial charge >= 0.3 is 12.1 Å². The summed E-state index contributed by atoms with van der Waals surface area (Å²) in [6, 6.07) is 21.3. The number of fused-ring (bicyclic) bond motifs is 1. The Labute approximate surface area is 235 Å². The summed E-state index contributed by atoms with van der Waals surface area (Å²) in [6.45, 7) is 0.337. The van der Waals surface area contributed by atoms with Gasteiger partial charge < -0.3 is 10.4 Å². The fraction of sp³-hybridized carbons (Fsp3) is 0.0690. The first kappa shape index (κ1) is 27.2. The van der Waals surface area contributed by atoms with Gasteiger partial charge in [-0.2, -0.15) is 23.0 Å². The highest BCUT2D eigenvalue weighted by Crippen LogP contribution is 2.38. The fourth-order valence-corrected chi connectivity index (χ4v) is 4.78. The molecule has 5 aromatic rings. The zero-order chi connectivity index (χ0) is 28.6. The van der Waals surface area contributed by atoms with Gasteiger partial charge in [0.2, 0.25) is 0 Å². The molecule has 1 aromatic heterocycles. The number of carboxylic acid groups (broad SMARTS) is 1. The number of anilines is 1. The number of carboxylic acids is 1. The second kappa shape index (κ2) is 10.7. The molecule has 4 aromatic carbocycles. The van der Waals surface area contributed by atoms with Crippen molar-refractivity contribution in [3.63, 3.8) is 0 Å². The number of rotatable bonds is 6. The van der Waals surface area contributed by atoms with E-state index in [0.29, 0.717) is 28.2 Å². The van der Waals surface area contributed by atoms with Crippen molar-refractivity contribution in [3.8, 4) is 11.3 Å². The number of aromatic nitrogens is 2. The Hall–Kier alpha value is -4.34. The maximum absolute atomic E-state index is 13.8. The molecule has 0 fully saturated rings. The standard InChI is InChI=1S/C29H18Cl2F3N3O3/c30-18-10-12-24-20(14-18)26(36-37(24)27(38)25-21(29(32,33)34)7-4-8-22(25)31)19-11-9-17(28(39)40)13-23(19)35-15-16-5-2-1-3-6-16/h1-14,35H,15H2,(H,39,40). The van der Waals surface area contributed by atoms with Gasteiger partial charge in [0.1, 0.15) is 5.69 Å². The molecule has 0 bridgehead atoms. The Kier molecular flexibility index (Phi) is 7.27. The molecule has 40 heavy (non-hydrogen) atoms. The maximum atomic E-state index is 13.8. The van der Waals surface area contributed by atoms with Crippen molar-refractivity contribution in [2.45, 2.75) is 12.7 Å². The number of halogens is 5. The summed E-state index contributed by atoms with van der Waals surface area (Å²) in [5, 5.41) is 17.5. The lowest BCUT2D eigenvalue weighted by Crippen LogP contribution is -2.20. The second-order valence-corrected chi connectivity index (χ2v) is 9.64. The molecule has 0 aliphatic heterocycles. The van der Waals surface area contributed by atoms with Gasteiger partial charge in [-0.25, -0.2) is 4.79 Å². The SMILES string of the molecule is O=C(O)c1ccc(-c2nn(C(=O)c3c(Cl)cccc3C(F)(F)F)c3ccc(Cl)cc23)c(NCc2ccccc2)c1. The normalized spacial score (nSPS) is 11.5. The smallest absolute Gasteiger partial charge is 0.417 e. The monoisotopic (exact) mass is 583 g/mol. The molecule has 11 heteroatoms. The minimum atomic E-state index is -4.84. The lowest BCUT2D eigenvalue weighted by atomic mass is 10.0. The molecule has 202 valence electrons. The highest BCUT2D eigenvalue weighted by molar-refractivity contribution is 6.34. The van der Waals surface area contributed by atoms with Gasteiger partial charge in [-0.05, 0) is 54.1 Å². The van der Waals surface area contributed by atoms with Crippen LogP contribution in [0.1, 0.15) is 31.8 Å². The summed E-state index contributed by atoms with van der Waals surface area (Å²) in [4.78, 5) is 25.3. The number of hydrogen-bond acceptors (Lipinski definition) is 4. The van der Waals surface area contributed by atoms with Gasteiger partial charge in [-0.3, -0.25) is 4.79 Å². The van der Waals surface area contributed by atoms with Crippen LogP contribution in [0.5, 0.6) is 0 Å². The number of aromatic carboxylic acids is 1. The average molecular weight is 584 g/mol. The first-order valence-electron chi connectivity index (χ1n) is 11.8. The largest absolute Gasteiger partial charge is 0.478 e. The van der Waals surface area contributed by atoms with Crippen molar-refractivity contribution in [1.82, 2.24) is 9.78 Å². The number of alkyl halides is 3. The van der Waals surface area contributed by atoms with E-state index in [1.165, 1.54) is 42.5 Å². The maximum Gasteiger partial charge on any atom is 0.417 e. The van der Waals surface area contributed by atoms with Crippen molar-refractivity contribution < 1.29 is 27.9 Å². The van der Waals surface area contributed by atoms with E-state index in [4.69, 9.17) is 23.2 Å². The Morgan fingerprint density at radius 3 is 2.38 bits per heavy atom. The molecule has 0 amide bonds. The van der Waals surface area contributed by atoms with Crippen LogP contribution >= 0.6 is 23.2 Å². The van der Waals surface area contributed by atoms with Crippen molar-refractivity contribution in [3.05, 3.63) is 117 Å². The van der Waals surface area contributed by atoms with Crippen LogP contribution in [-0.2, 0) is 12.7 Å². The van der Waals surface area contributed by atoms with E-state index in [-0.39, 0.29) is 21.8 Å². The number of nitrogens with one attached hydrogen (secondary N) is 1. The van der Waals surface area contributed by atoms with Crippen molar-refractivity contribution in [1.29, 1.82) is 0 Å². The third kappa shape index (κ3) is 5.25. The van der Waals surface area contributed by atoms with Crippen LogP contribution in [0, 0.1) is 0 Å². The topological polar surface area (TPSA) is 84.2 Å². The van der Waals surface area contributed by atoms with Gasteiger partial charge in [0.25, 0.3) is 5.91 Å². The van der Waals surface area contributed by atoms with Crippen LogP contribution < -0.4 is 5.32 Å². The summed E-state index contributed by atoms with van der Waals surface area (Å²) in [5.74, 6) is -2.24. The van der Waals surface area contributed by atoms with Crippen LogP contribution in [0.15, 0.2) is 84.9 Å². The zero-order valence-electron chi connectivity index (χ0n) is 20.3. The Morgan fingerprint density at radius 1 is 0.925 bits per heavy atom. The van der Waals surface area contributed by atoms with Gasteiger partial charge in [-0.1, -0.05) is 59.6 Å². The quantitative estimate of drug-likeness (QED) is 0.211. The summed E-state index contributed by atoms with van der Waals surface area (Å²) in [6.07, 6.45) is -4.84. The summed E-state index contributed by atoms with van der Waals surface area (Å²) < 4.78 is 42.3. The van der Waals surface area contributed by atoms with E-state index >= 15 is 0 Å². The number of nitrogens with zero attached hydrogens (tertiary/aromatic N) is 2. The average Bonchev–Trinajstić information content (AvgIpc) is 3.29. The minimum Gasteiger partial charge on any atom is -0.478 e. The van der Waals surface area contributed by atoms with E-state index < -0.39 is 29.2 Å². The third-order valence-corrected chi connectivity index (χ3v) is 6.76. The molecule has 0 saturated carbocycles. The second-order valence-electron chi connectivity index (χ2n) is 8.79. The van der Waals surface area contributed by atoms with Gasteiger partial charge in [0, 0.05) is 28.2 Å². The van der Waals surface area contributed by atoms with E-state index in [1.54, 1.807) is 0 Å². The highest BCUT2D eigenvalue weighted by atomic mass is 35.5. The Bertz CT molecular complexity index is 1770. The van der Waals surface area contributed by atoms with Crippen molar-refractivity contribution >= 4 is 51.7 Å². The van der Waals surface area contributed by atoms with Gasteiger partial charge in [0.15, 0.2) is 0 Å². The first-order valence-corrected chi connectivity index (χ1v) is 12.5. The van der Waals surface area contributed by atoms with Crippen molar-refractivity contribution in [2.24, 2.45) is 0 Å². The molecule has 2 N–H and O–H groups in total. The molecule has 6 nitrogen and oxygen atoms in total. The number of benzene rings is 4. The van der Waals surface area contributed by atoms with Crippen molar-refractivity contribution in [2.75, 3.05) is 5.32 Å². The van der Waals surface area contributed by atoms with E-state index in [9.17, 15) is 27.9 Å². The van der Waals surface area contributed by atoms with Crippen LogP contribution in [-0.4, -0.2) is 26.8 Å². The first-order chi connectivity index (χ1) is 19.0. The van der Waals surface area contributed by atoms with Gasteiger partial charge in [0.05, 0.1) is 27.2 Å². The molecule has 1 heterocycles. The molecule has 0 aliphatic rings. The molecule has 5 rings (SSSR count). The van der Waals surface area contributed by atoms with E-state index in [2.05, 4.69) is 10.4 Å². The van der Waals surface area contributed by atoms with Crippen LogP contribution in [0.4, 0.5) is 18.9 Å². The van der Waals surface area contributed by atoms with Gasteiger partial charge in [-0.15, -0.1) is 0 Å². The van der Waals surface area contributed by atoms with Crippen LogP contribution in [0.25, 0.3) is 22.2 Å². The molecule has 0 spiro atoms. The van der Waals surface area contributed by atoms with E-state index in [0.717, 1.165) is 22.4 Å². The Morgan fingerprint density at radius 2 is 1.68 bits per heavy atom. The third-order valence-electron chi connectivity index (χ3n) is 6.21. The predicted octanol–water partition coefficient (Wildman–Crippen LogP) is 8.03. The molecule has 0 aliphatic carbocycles. The summed E-state index contributed by atoms with van der Waals surface area (Å²) in [7, 11) is 0. The predicted molar refractivity (Wildman–Crippen MR) is 147 cm³/mol. The van der Waals surface area contributed by atoms with E-state index in [1.807, 2.05) is 30.3 Å².